The molecule has 0 radical (unpaired) electrons. The molecule has 1 spiro atoms. The minimum atomic E-state index is -4.37. The van der Waals surface area contributed by atoms with Crippen molar-refractivity contribution in [2.24, 2.45) is 5.41 Å². The molecule has 2 aromatic carbocycles. The Labute approximate surface area is 162 Å². The fourth-order valence-electron chi connectivity index (χ4n) is 4.32. The summed E-state index contributed by atoms with van der Waals surface area (Å²) >= 11 is 0. The van der Waals surface area contributed by atoms with E-state index in [2.05, 4.69) is 0 Å². The van der Waals surface area contributed by atoms with Crippen molar-refractivity contribution in [1.29, 1.82) is 0 Å². The number of alkyl halides is 3. The first kappa shape index (κ1) is 19.3. The van der Waals surface area contributed by atoms with E-state index < -0.39 is 21.8 Å². The third-order valence-corrected chi connectivity index (χ3v) is 6.97. The summed E-state index contributed by atoms with van der Waals surface area (Å²) in [6.07, 6.45) is -1.67. The second kappa shape index (κ2) is 6.49. The van der Waals surface area contributed by atoms with Crippen molar-refractivity contribution in [3.05, 3.63) is 59.7 Å². The van der Waals surface area contributed by atoms with Crippen LogP contribution in [0.4, 0.5) is 24.5 Å². The van der Waals surface area contributed by atoms with Gasteiger partial charge in [0.1, 0.15) is 0 Å². The van der Waals surface area contributed by atoms with E-state index in [1.807, 2.05) is 29.2 Å². The van der Waals surface area contributed by atoms with Crippen LogP contribution in [0.25, 0.3) is 0 Å². The second-order valence-corrected chi connectivity index (χ2v) is 9.77. The van der Waals surface area contributed by atoms with Crippen LogP contribution < -0.4 is 4.90 Å². The molecule has 1 fully saturated rings. The van der Waals surface area contributed by atoms with E-state index in [-0.39, 0.29) is 5.41 Å². The zero-order valence-corrected chi connectivity index (χ0v) is 16.2. The fraction of sp³-hybridized carbons (Fsp3) is 0.400. The third kappa shape index (κ3) is 3.51. The topological polar surface area (TPSA) is 40.6 Å². The fourth-order valence-corrected chi connectivity index (χ4v) is 5.25. The molecule has 2 aromatic rings. The average Bonchev–Trinajstić information content (AvgIpc) is 3.04. The van der Waals surface area contributed by atoms with E-state index in [0.29, 0.717) is 25.3 Å². The van der Waals surface area contributed by atoms with Gasteiger partial charge < -0.3 is 4.90 Å². The summed E-state index contributed by atoms with van der Waals surface area (Å²) in [4.78, 5) is 2.02. The van der Waals surface area contributed by atoms with Crippen molar-refractivity contribution < 1.29 is 21.6 Å². The lowest BCUT2D eigenvalue weighted by atomic mass is 9.77. The first-order valence-electron chi connectivity index (χ1n) is 9.05. The average molecular weight is 410 g/mol. The van der Waals surface area contributed by atoms with Gasteiger partial charge in [0, 0.05) is 36.4 Å². The summed E-state index contributed by atoms with van der Waals surface area (Å²) in [5.74, 6) is 0. The van der Waals surface area contributed by atoms with Gasteiger partial charge in [0.15, 0.2) is 0 Å². The molecule has 2 aliphatic rings. The Hall–Kier alpha value is -2.06. The molecule has 0 amide bonds. The second-order valence-electron chi connectivity index (χ2n) is 7.78. The lowest BCUT2D eigenvalue weighted by Gasteiger charge is -2.42. The number of hydrogen-bond donors (Lipinski definition) is 0. The van der Waals surface area contributed by atoms with E-state index in [4.69, 9.17) is 0 Å². The van der Waals surface area contributed by atoms with Crippen molar-refractivity contribution in [3.63, 3.8) is 0 Å². The molecule has 28 heavy (non-hydrogen) atoms. The summed E-state index contributed by atoms with van der Waals surface area (Å²) in [5, 5.41) is 0. The SMILES string of the molecule is CS(=O)(=O)N1CC[C@@]2(Cc3ccccc3N(c3ccc(C(F)(F)F)cc3)C2)C1. The lowest BCUT2D eigenvalue weighted by Crippen LogP contribution is -2.44. The third-order valence-electron chi connectivity index (χ3n) is 5.72. The van der Waals surface area contributed by atoms with Crippen LogP contribution in [-0.2, 0) is 22.6 Å². The van der Waals surface area contributed by atoms with Gasteiger partial charge in [-0.15, -0.1) is 0 Å². The molecule has 4 rings (SSSR count). The molecule has 0 bridgehead atoms. The highest BCUT2D eigenvalue weighted by atomic mass is 32.2. The van der Waals surface area contributed by atoms with Crippen molar-refractivity contribution >= 4 is 21.4 Å². The molecule has 2 aliphatic heterocycles. The molecule has 0 saturated carbocycles. The number of para-hydroxylation sites is 1. The molecule has 0 unspecified atom stereocenters. The maximum absolute atomic E-state index is 12.9. The van der Waals surface area contributed by atoms with Crippen LogP contribution in [-0.4, -0.2) is 38.6 Å². The summed E-state index contributed by atoms with van der Waals surface area (Å²) in [6, 6.07) is 13.0. The molecule has 0 aromatic heterocycles. The van der Waals surface area contributed by atoms with E-state index in [9.17, 15) is 21.6 Å². The molecular weight excluding hydrogens is 389 g/mol. The van der Waals surface area contributed by atoms with E-state index in [1.165, 1.54) is 22.7 Å². The minimum absolute atomic E-state index is 0.250. The molecule has 4 nitrogen and oxygen atoms in total. The van der Waals surface area contributed by atoms with E-state index >= 15 is 0 Å². The number of hydrogen-bond acceptors (Lipinski definition) is 3. The smallest absolute Gasteiger partial charge is 0.341 e. The summed E-state index contributed by atoms with van der Waals surface area (Å²) < 4.78 is 64.3. The van der Waals surface area contributed by atoms with Gasteiger partial charge in [-0.3, -0.25) is 0 Å². The molecule has 8 heteroatoms. The molecule has 0 N–H and O–H groups in total. The van der Waals surface area contributed by atoms with Gasteiger partial charge in [-0.2, -0.15) is 13.2 Å². The maximum atomic E-state index is 12.9. The van der Waals surface area contributed by atoms with E-state index in [1.54, 1.807) is 0 Å². The molecule has 150 valence electrons. The highest BCUT2D eigenvalue weighted by Gasteiger charge is 2.45. The highest BCUT2D eigenvalue weighted by molar-refractivity contribution is 7.88. The van der Waals surface area contributed by atoms with Gasteiger partial charge in [-0.1, -0.05) is 18.2 Å². The number of nitrogens with zero attached hydrogens (tertiary/aromatic N) is 2. The molecular formula is C20H21F3N2O2S. The Morgan fingerprint density at radius 1 is 1.00 bits per heavy atom. The summed E-state index contributed by atoms with van der Waals surface area (Å²) in [5.41, 5.74) is 1.80. The minimum Gasteiger partial charge on any atom is -0.341 e. The Morgan fingerprint density at radius 3 is 2.29 bits per heavy atom. The van der Waals surface area contributed by atoms with Crippen molar-refractivity contribution in [2.75, 3.05) is 30.8 Å². The normalized spacial score (nSPS) is 23.2. The number of sulfonamides is 1. The molecule has 1 saturated heterocycles. The number of benzene rings is 2. The zero-order valence-electron chi connectivity index (χ0n) is 15.4. The number of rotatable bonds is 2. The molecule has 0 aliphatic carbocycles. The largest absolute Gasteiger partial charge is 0.416 e. The zero-order chi connectivity index (χ0) is 20.2. The standard InChI is InChI=1S/C20H21F3N2O2S/c1-28(26,27)24-11-10-19(13-24)12-15-4-2-3-5-18(15)25(14-19)17-8-6-16(7-9-17)20(21,22)23/h2-9H,10-14H2,1H3/t19-/m1/s1. The quantitative estimate of drug-likeness (QED) is 0.750. The van der Waals surface area contributed by atoms with Gasteiger partial charge >= 0.3 is 6.18 Å². The first-order chi connectivity index (χ1) is 13.1. The molecule has 2 heterocycles. The van der Waals surface area contributed by atoms with E-state index in [0.717, 1.165) is 36.2 Å². The van der Waals surface area contributed by atoms with Crippen LogP contribution in [0.1, 0.15) is 17.5 Å². The monoisotopic (exact) mass is 410 g/mol. The van der Waals surface area contributed by atoms with Crippen LogP contribution in [0.15, 0.2) is 48.5 Å². The van der Waals surface area contributed by atoms with Crippen LogP contribution in [0.3, 0.4) is 0 Å². The van der Waals surface area contributed by atoms with Crippen LogP contribution in [0.2, 0.25) is 0 Å². The Morgan fingerprint density at radius 2 is 1.68 bits per heavy atom. The summed E-state index contributed by atoms with van der Waals surface area (Å²) in [6.45, 7) is 1.47. The number of fused-ring (bicyclic) bond motifs is 1. The predicted molar refractivity (Wildman–Crippen MR) is 102 cm³/mol. The first-order valence-corrected chi connectivity index (χ1v) is 10.9. The van der Waals surface area contributed by atoms with Gasteiger partial charge in [-0.25, -0.2) is 12.7 Å². The summed E-state index contributed by atoms with van der Waals surface area (Å²) in [7, 11) is -3.27. The van der Waals surface area contributed by atoms with Crippen LogP contribution >= 0.6 is 0 Å². The highest BCUT2D eigenvalue weighted by Crippen LogP contribution is 2.46. The Bertz CT molecular complexity index is 989. The van der Waals surface area contributed by atoms with Crippen LogP contribution in [0, 0.1) is 5.41 Å². The van der Waals surface area contributed by atoms with Gasteiger partial charge in [0.25, 0.3) is 0 Å². The molecule has 1 atom stereocenters. The number of halogens is 3. The van der Waals surface area contributed by atoms with Crippen molar-refractivity contribution in [1.82, 2.24) is 4.31 Å². The predicted octanol–water partition coefficient (Wildman–Crippen LogP) is 4.05. The maximum Gasteiger partial charge on any atom is 0.416 e. The Balaban J connectivity index is 1.71. The lowest BCUT2D eigenvalue weighted by molar-refractivity contribution is -0.137. The van der Waals surface area contributed by atoms with Gasteiger partial charge in [0.2, 0.25) is 10.0 Å². The van der Waals surface area contributed by atoms with Gasteiger partial charge in [0.05, 0.1) is 11.8 Å². The van der Waals surface area contributed by atoms with Crippen molar-refractivity contribution in [3.8, 4) is 0 Å². The van der Waals surface area contributed by atoms with Crippen molar-refractivity contribution in [2.45, 2.75) is 19.0 Å². The number of anilines is 2. The Kier molecular flexibility index (Phi) is 4.46. The van der Waals surface area contributed by atoms with Gasteiger partial charge in [-0.05, 0) is 48.7 Å². The van der Waals surface area contributed by atoms with Crippen LogP contribution in [0.5, 0.6) is 0 Å².